The van der Waals surface area contributed by atoms with Crippen molar-refractivity contribution >= 4 is 0 Å². The van der Waals surface area contributed by atoms with E-state index in [4.69, 9.17) is 0 Å². The summed E-state index contributed by atoms with van der Waals surface area (Å²) in [6, 6.07) is 7.74. The highest BCUT2D eigenvalue weighted by molar-refractivity contribution is 5.20. The van der Waals surface area contributed by atoms with E-state index in [9.17, 15) is 4.39 Å². The van der Waals surface area contributed by atoms with Crippen molar-refractivity contribution < 1.29 is 4.39 Å². The van der Waals surface area contributed by atoms with Crippen LogP contribution in [0.2, 0.25) is 0 Å². The first kappa shape index (κ1) is 15.5. The third kappa shape index (κ3) is 4.05. The summed E-state index contributed by atoms with van der Waals surface area (Å²) in [5.41, 5.74) is 0.789. The van der Waals surface area contributed by atoms with Crippen LogP contribution in [0, 0.1) is 17.7 Å². The second kappa shape index (κ2) is 7.21. The lowest BCUT2D eigenvalue weighted by Crippen LogP contribution is -2.31. The molecule has 1 N–H and O–H groups in total. The lowest BCUT2D eigenvalue weighted by atomic mass is 9.89. The van der Waals surface area contributed by atoms with Crippen LogP contribution in [0.3, 0.4) is 0 Å². The minimum atomic E-state index is -0.0961. The normalized spacial score (nSPS) is 25.4. The largest absolute Gasteiger partial charge is 0.307 e. The van der Waals surface area contributed by atoms with Gasteiger partial charge in [-0.1, -0.05) is 44.9 Å². The van der Waals surface area contributed by atoms with Gasteiger partial charge in [0.25, 0.3) is 0 Å². The Kier molecular flexibility index (Phi) is 5.59. The van der Waals surface area contributed by atoms with Crippen LogP contribution in [0.4, 0.5) is 4.39 Å². The first-order chi connectivity index (χ1) is 9.58. The molecule has 1 aromatic carbocycles. The second-order valence-electron chi connectivity index (χ2n) is 6.62. The van der Waals surface area contributed by atoms with E-state index in [-0.39, 0.29) is 11.9 Å². The summed E-state index contributed by atoms with van der Waals surface area (Å²) in [4.78, 5) is 0. The molecule has 1 aliphatic carbocycles. The third-order valence-electron chi connectivity index (χ3n) is 4.81. The van der Waals surface area contributed by atoms with E-state index in [1.807, 2.05) is 12.1 Å². The number of rotatable bonds is 4. The molecule has 3 unspecified atom stereocenters. The van der Waals surface area contributed by atoms with Crippen LogP contribution < -0.4 is 5.32 Å². The molecule has 1 saturated carbocycles. The summed E-state index contributed by atoms with van der Waals surface area (Å²) < 4.78 is 13.8. The summed E-state index contributed by atoms with van der Waals surface area (Å²) in [5, 5.41) is 3.64. The average molecular weight is 277 g/mol. The number of hydrogen-bond donors (Lipinski definition) is 1. The quantitative estimate of drug-likeness (QED) is 0.757. The first-order valence-corrected chi connectivity index (χ1v) is 8.08. The number of halogens is 1. The van der Waals surface area contributed by atoms with Crippen LogP contribution in [0.25, 0.3) is 0 Å². The summed E-state index contributed by atoms with van der Waals surface area (Å²) >= 11 is 0. The van der Waals surface area contributed by atoms with Crippen molar-refractivity contribution in [2.75, 3.05) is 0 Å². The molecule has 0 bridgehead atoms. The molecule has 2 rings (SSSR count). The van der Waals surface area contributed by atoms with Gasteiger partial charge in [0.15, 0.2) is 0 Å². The molecule has 20 heavy (non-hydrogen) atoms. The predicted molar refractivity (Wildman–Crippen MR) is 83.2 cm³/mol. The molecule has 0 radical (unpaired) electrons. The van der Waals surface area contributed by atoms with Crippen LogP contribution >= 0.6 is 0 Å². The highest BCUT2D eigenvalue weighted by atomic mass is 19.1. The molecule has 1 nitrogen and oxygen atoms in total. The zero-order valence-electron chi connectivity index (χ0n) is 13.0. The zero-order valence-corrected chi connectivity index (χ0v) is 13.0. The Labute approximate surface area is 123 Å². The SMILES string of the molecule is CC(NC1CCCC(C(C)C)CC1)c1ccccc1F. The van der Waals surface area contributed by atoms with Gasteiger partial charge in [-0.15, -0.1) is 0 Å². The Morgan fingerprint density at radius 1 is 1.05 bits per heavy atom. The summed E-state index contributed by atoms with van der Waals surface area (Å²) in [6.07, 6.45) is 6.40. The Bertz CT molecular complexity index is 416. The first-order valence-electron chi connectivity index (χ1n) is 8.08. The van der Waals surface area contributed by atoms with E-state index in [1.165, 1.54) is 32.1 Å². The Balaban J connectivity index is 1.92. The average Bonchev–Trinajstić information content (AvgIpc) is 2.65. The fourth-order valence-electron chi connectivity index (χ4n) is 3.43. The summed E-state index contributed by atoms with van der Waals surface area (Å²) in [5.74, 6) is 1.56. The van der Waals surface area contributed by atoms with Gasteiger partial charge in [-0.25, -0.2) is 4.39 Å². The number of hydrogen-bond acceptors (Lipinski definition) is 1. The van der Waals surface area contributed by atoms with Crippen LogP contribution in [-0.2, 0) is 0 Å². The number of nitrogens with one attached hydrogen (secondary N) is 1. The van der Waals surface area contributed by atoms with Gasteiger partial charge < -0.3 is 5.32 Å². The third-order valence-corrected chi connectivity index (χ3v) is 4.81. The zero-order chi connectivity index (χ0) is 14.5. The Morgan fingerprint density at radius 3 is 2.50 bits per heavy atom. The lowest BCUT2D eigenvalue weighted by Gasteiger charge is -2.23. The van der Waals surface area contributed by atoms with Gasteiger partial charge in [0.1, 0.15) is 5.82 Å². The van der Waals surface area contributed by atoms with E-state index in [0.717, 1.165) is 17.4 Å². The lowest BCUT2D eigenvalue weighted by molar-refractivity contribution is 0.334. The van der Waals surface area contributed by atoms with Crippen molar-refractivity contribution in [3.8, 4) is 0 Å². The van der Waals surface area contributed by atoms with Gasteiger partial charge in [0.05, 0.1) is 0 Å². The van der Waals surface area contributed by atoms with Gasteiger partial charge >= 0.3 is 0 Å². The summed E-state index contributed by atoms with van der Waals surface area (Å²) in [7, 11) is 0. The maximum Gasteiger partial charge on any atom is 0.127 e. The molecule has 112 valence electrons. The highest BCUT2D eigenvalue weighted by Gasteiger charge is 2.22. The molecule has 2 heteroatoms. The van der Waals surface area contributed by atoms with Crippen molar-refractivity contribution in [3.63, 3.8) is 0 Å². The second-order valence-corrected chi connectivity index (χ2v) is 6.62. The fourth-order valence-corrected chi connectivity index (χ4v) is 3.43. The fraction of sp³-hybridized carbons (Fsp3) is 0.667. The molecular weight excluding hydrogens is 249 g/mol. The molecule has 1 aliphatic rings. The van der Waals surface area contributed by atoms with Crippen molar-refractivity contribution in [1.82, 2.24) is 5.32 Å². The van der Waals surface area contributed by atoms with E-state index in [1.54, 1.807) is 12.1 Å². The maximum atomic E-state index is 13.8. The van der Waals surface area contributed by atoms with Crippen molar-refractivity contribution in [1.29, 1.82) is 0 Å². The van der Waals surface area contributed by atoms with E-state index >= 15 is 0 Å². The molecule has 0 heterocycles. The molecule has 0 aliphatic heterocycles. The Morgan fingerprint density at radius 2 is 1.80 bits per heavy atom. The van der Waals surface area contributed by atoms with Crippen LogP contribution in [-0.4, -0.2) is 6.04 Å². The van der Waals surface area contributed by atoms with E-state index in [2.05, 4.69) is 26.1 Å². The van der Waals surface area contributed by atoms with Crippen molar-refractivity contribution in [2.24, 2.45) is 11.8 Å². The molecule has 0 saturated heterocycles. The van der Waals surface area contributed by atoms with E-state index in [0.29, 0.717) is 6.04 Å². The molecule has 1 fully saturated rings. The smallest absolute Gasteiger partial charge is 0.127 e. The highest BCUT2D eigenvalue weighted by Crippen LogP contribution is 2.30. The van der Waals surface area contributed by atoms with Gasteiger partial charge in [-0.3, -0.25) is 0 Å². The van der Waals surface area contributed by atoms with E-state index < -0.39 is 0 Å². The Hall–Kier alpha value is -0.890. The molecular formula is C18H28FN. The van der Waals surface area contributed by atoms with Gasteiger partial charge in [-0.2, -0.15) is 0 Å². The summed E-state index contributed by atoms with van der Waals surface area (Å²) in [6.45, 7) is 6.74. The topological polar surface area (TPSA) is 12.0 Å². The minimum Gasteiger partial charge on any atom is -0.307 e. The number of benzene rings is 1. The molecule has 0 aromatic heterocycles. The minimum absolute atomic E-state index is 0.0943. The van der Waals surface area contributed by atoms with Crippen LogP contribution in [0.1, 0.15) is 64.5 Å². The standard InChI is InChI=1S/C18H28FN/c1-13(2)15-7-6-8-16(12-11-15)20-14(3)17-9-4-5-10-18(17)19/h4-5,9-10,13-16,20H,6-8,11-12H2,1-3H3. The monoisotopic (exact) mass is 277 g/mol. The maximum absolute atomic E-state index is 13.8. The van der Waals surface area contributed by atoms with Gasteiger partial charge in [0.2, 0.25) is 0 Å². The van der Waals surface area contributed by atoms with Crippen LogP contribution in [0.5, 0.6) is 0 Å². The molecule has 0 amide bonds. The van der Waals surface area contributed by atoms with Gasteiger partial charge in [0, 0.05) is 17.6 Å². The van der Waals surface area contributed by atoms with Crippen molar-refractivity contribution in [3.05, 3.63) is 35.6 Å². The molecule has 3 atom stereocenters. The molecule has 0 spiro atoms. The predicted octanol–water partition coefficient (Wildman–Crippen LogP) is 5.08. The van der Waals surface area contributed by atoms with Crippen molar-refractivity contribution in [2.45, 2.75) is 65.0 Å². The van der Waals surface area contributed by atoms with Gasteiger partial charge in [-0.05, 0) is 44.1 Å². The van der Waals surface area contributed by atoms with Crippen LogP contribution in [0.15, 0.2) is 24.3 Å². The molecule has 1 aromatic rings.